The second-order valence-electron chi connectivity index (χ2n) is 6.21. The number of hydrogen-bond donors (Lipinski definition) is 1. The van der Waals surface area contributed by atoms with Crippen LogP contribution >= 0.6 is 11.3 Å². The van der Waals surface area contributed by atoms with E-state index in [-0.39, 0.29) is 17.7 Å². The number of carbonyl (C=O) groups is 1. The van der Waals surface area contributed by atoms with Crippen molar-refractivity contribution in [2.24, 2.45) is 0 Å². The van der Waals surface area contributed by atoms with Gasteiger partial charge in [0.1, 0.15) is 0 Å². The van der Waals surface area contributed by atoms with Gasteiger partial charge in [0.25, 0.3) is 0 Å². The zero-order valence-corrected chi connectivity index (χ0v) is 13.8. The number of amides is 1. The van der Waals surface area contributed by atoms with E-state index in [4.69, 9.17) is 0 Å². The zero-order chi connectivity index (χ0) is 17.3. The van der Waals surface area contributed by atoms with Crippen LogP contribution in [0.25, 0.3) is 0 Å². The molecule has 1 heterocycles. The molecule has 124 valence electrons. The van der Waals surface area contributed by atoms with Crippen molar-refractivity contribution in [3.63, 3.8) is 0 Å². The molecule has 0 saturated carbocycles. The van der Waals surface area contributed by atoms with E-state index >= 15 is 0 Å². The van der Waals surface area contributed by atoms with Gasteiger partial charge in [-0.15, -0.1) is 11.3 Å². The fourth-order valence-electron chi connectivity index (χ4n) is 1.88. The molecule has 0 atom stereocenters. The highest BCUT2D eigenvalue weighted by Gasteiger charge is 2.30. The van der Waals surface area contributed by atoms with Crippen molar-refractivity contribution in [1.29, 1.82) is 0 Å². The minimum atomic E-state index is -4.41. The van der Waals surface area contributed by atoms with Crippen molar-refractivity contribution in [2.75, 3.05) is 5.32 Å². The van der Waals surface area contributed by atoms with Crippen LogP contribution < -0.4 is 5.32 Å². The molecular weight excluding hydrogens is 325 g/mol. The number of alkyl halides is 3. The quantitative estimate of drug-likeness (QED) is 0.883. The average molecular weight is 342 g/mol. The van der Waals surface area contributed by atoms with E-state index in [2.05, 4.69) is 10.3 Å². The summed E-state index contributed by atoms with van der Waals surface area (Å²) in [6.07, 6.45) is -4.54. The number of carbonyl (C=O) groups excluding carboxylic acids is 1. The highest BCUT2D eigenvalue weighted by atomic mass is 32.1. The summed E-state index contributed by atoms with van der Waals surface area (Å²) < 4.78 is 38.0. The summed E-state index contributed by atoms with van der Waals surface area (Å²) in [7, 11) is 0. The van der Waals surface area contributed by atoms with Gasteiger partial charge in [0, 0.05) is 10.8 Å². The topological polar surface area (TPSA) is 42.0 Å². The molecule has 0 unspecified atom stereocenters. The van der Waals surface area contributed by atoms with Crippen LogP contribution in [0.4, 0.5) is 18.3 Å². The molecule has 0 radical (unpaired) electrons. The van der Waals surface area contributed by atoms with Gasteiger partial charge in [-0.2, -0.15) is 13.2 Å². The summed E-state index contributed by atoms with van der Waals surface area (Å²) >= 11 is 1.30. The molecule has 1 N–H and O–H groups in total. The van der Waals surface area contributed by atoms with E-state index in [0.29, 0.717) is 10.7 Å². The minimum Gasteiger partial charge on any atom is -0.302 e. The number of nitrogens with one attached hydrogen (secondary N) is 1. The highest BCUT2D eigenvalue weighted by Crippen LogP contribution is 2.30. The summed E-state index contributed by atoms with van der Waals surface area (Å²) in [4.78, 5) is 16.3. The lowest BCUT2D eigenvalue weighted by atomic mass is 9.93. The lowest BCUT2D eigenvalue weighted by Gasteiger charge is -2.14. The summed E-state index contributed by atoms with van der Waals surface area (Å²) in [5.74, 6) is -0.390. The van der Waals surface area contributed by atoms with Crippen LogP contribution in [0.3, 0.4) is 0 Å². The maximum absolute atomic E-state index is 12.7. The summed E-state index contributed by atoms with van der Waals surface area (Å²) in [6, 6.07) is 4.77. The van der Waals surface area contributed by atoms with Crippen LogP contribution in [0.2, 0.25) is 0 Å². The molecule has 0 aliphatic carbocycles. The Balaban J connectivity index is 2.04. The Hall–Kier alpha value is -1.89. The van der Waals surface area contributed by atoms with Gasteiger partial charge < -0.3 is 5.32 Å². The molecule has 0 bridgehead atoms. The molecule has 2 aromatic rings. The summed E-state index contributed by atoms with van der Waals surface area (Å²) in [6.45, 7) is 6.03. The summed E-state index contributed by atoms with van der Waals surface area (Å²) in [5.41, 5.74) is 0.286. The first-order valence-corrected chi connectivity index (χ1v) is 7.85. The van der Waals surface area contributed by atoms with Crippen molar-refractivity contribution < 1.29 is 18.0 Å². The molecule has 0 saturated heterocycles. The van der Waals surface area contributed by atoms with Gasteiger partial charge >= 0.3 is 6.18 Å². The van der Waals surface area contributed by atoms with Gasteiger partial charge in [-0.1, -0.05) is 39.0 Å². The van der Waals surface area contributed by atoms with Crippen LogP contribution in [-0.4, -0.2) is 10.9 Å². The van der Waals surface area contributed by atoms with Crippen LogP contribution in [0.5, 0.6) is 0 Å². The molecule has 0 fully saturated rings. The Morgan fingerprint density at radius 1 is 1.26 bits per heavy atom. The zero-order valence-electron chi connectivity index (χ0n) is 13.0. The number of hydrogen-bond acceptors (Lipinski definition) is 3. The average Bonchev–Trinajstić information content (AvgIpc) is 2.86. The normalized spacial score (nSPS) is 12.3. The first-order valence-electron chi connectivity index (χ1n) is 6.98. The third kappa shape index (κ3) is 4.79. The van der Waals surface area contributed by atoms with E-state index in [0.717, 1.165) is 17.8 Å². The van der Waals surface area contributed by atoms with Crippen LogP contribution in [0, 0.1) is 0 Å². The van der Waals surface area contributed by atoms with Crippen molar-refractivity contribution in [3.05, 3.63) is 46.5 Å². The number of anilines is 1. The monoisotopic (exact) mass is 342 g/mol. The van der Waals surface area contributed by atoms with Crippen molar-refractivity contribution in [3.8, 4) is 0 Å². The van der Waals surface area contributed by atoms with Crippen molar-refractivity contribution in [1.82, 2.24) is 4.98 Å². The van der Waals surface area contributed by atoms with E-state index in [1.807, 2.05) is 26.2 Å². The Kier molecular flexibility index (Phi) is 4.79. The predicted molar refractivity (Wildman–Crippen MR) is 84.6 cm³/mol. The van der Waals surface area contributed by atoms with E-state index in [1.54, 1.807) is 0 Å². The third-order valence-electron chi connectivity index (χ3n) is 3.14. The molecule has 1 amide bonds. The fourth-order valence-corrected chi connectivity index (χ4v) is 2.84. The number of benzene rings is 1. The molecular formula is C16H17F3N2OS. The smallest absolute Gasteiger partial charge is 0.302 e. The highest BCUT2D eigenvalue weighted by molar-refractivity contribution is 7.13. The van der Waals surface area contributed by atoms with Crippen LogP contribution in [-0.2, 0) is 22.8 Å². The third-order valence-corrected chi connectivity index (χ3v) is 3.90. The van der Waals surface area contributed by atoms with E-state index in [1.165, 1.54) is 23.5 Å². The van der Waals surface area contributed by atoms with Gasteiger partial charge in [0.05, 0.1) is 17.7 Å². The van der Waals surface area contributed by atoms with Crippen molar-refractivity contribution >= 4 is 22.4 Å². The number of halogens is 3. The molecule has 0 spiro atoms. The lowest BCUT2D eigenvalue weighted by Crippen LogP contribution is -2.16. The largest absolute Gasteiger partial charge is 0.416 e. The minimum absolute atomic E-state index is 0.124. The van der Waals surface area contributed by atoms with E-state index in [9.17, 15) is 18.0 Å². The first kappa shape index (κ1) is 17.5. The van der Waals surface area contributed by atoms with Crippen molar-refractivity contribution in [2.45, 2.75) is 38.8 Å². The SMILES string of the molecule is CC(C)(C)c1csc(NC(=O)Cc2cccc(C(F)(F)F)c2)n1. The number of rotatable bonds is 3. The Morgan fingerprint density at radius 3 is 2.52 bits per heavy atom. The second-order valence-corrected chi connectivity index (χ2v) is 7.07. The van der Waals surface area contributed by atoms with Gasteiger partial charge in [-0.05, 0) is 11.6 Å². The Labute approximate surface area is 136 Å². The number of nitrogens with zero attached hydrogens (tertiary/aromatic N) is 1. The molecule has 1 aromatic heterocycles. The lowest BCUT2D eigenvalue weighted by molar-refractivity contribution is -0.137. The molecule has 7 heteroatoms. The molecule has 3 nitrogen and oxygen atoms in total. The first-order chi connectivity index (χ1) is 10.6. The van der Waals surface area contributed by atoms with Gasteiger partial charge in [-0.25, -0.2) is 4.98 Å². The molecule has 1 aromatic carbocycles. The van der Waals surface area contributed by atoms with Crippen LogP contribution in [0.1, 0.15) is 37.6 Å². The van der Waals surface area contributed by atoms with E-state index < -0.39 is 11.7 Å². The van der Waals surface area contributed by atoms with Gasteiger partial charge in [-0.3, -0.25) is 4.79 Å². The van der Waals surface area contributed by atoms with Crippen LogP contribution in [0.15, 0.2) is 29.6 Å². The maximum Gasteiger partial charge on any atom is 0.416 e. The maximum atomic E-state index is 12.7. The Bertz CT molecular complexity index is 702. The van der Waals surface area contributed by atoms with Gasteiger partial charge in [0.15, 0.2) is 5.13 Å². The Morgan fingerprint density at radius 2 is 1.96 bits per heavy atom. The molecule has 0 aliphatic heterocycles. The predicted octanol–water partition coefficient (Wildman–Crippen LogP) is 4.64. The molecule has 2 rings (SSSR count). The number of thiazole rings is 1. The fraction of sp³-hybridized carbons (Fsp3) is 0.375. The standard InChI is InChI=1S/C16H17F3N2OS/c1-15(2,3)12-9-23-14(20-12)21-13(22)8-10-5-4-6-11(7-10)16(17,18)19/h4-7,9H,8H2,1-3H3,(H,20,21,22). The molecule has 0 aliphatic rings. The second kappa shape index (κ2) is 6.31. The molecule has 23 heavy (non-hydrogen) atoms. The summed E-state index contributed by atoms with van der Waals surface area (Å²) in [5, 5.41) is 4.94. The van der Waals surface area contributed by atoms with Gasteiger partial charge in [0.2, 0.25) is 5.91 Å². The number of aromatic nitrogens is 1.